The Bertz CT molecular complexity index is 470. The lowest BCUT2D eigenvalue weighted by molar-refractivity contribution is -0.387. The number of hydrogen-bond acceptors (Lipinski definition) is 4. The molecule has 0 heterocycles. The molecular formula is C13H17FN2O2S. The van der Waals surface area contributed by atoms with Crippen molar-refractivity contribution in [3.63, 3.8) is 0 Å². The minimum absolute atomic E-state index is 0.466. The van der Waals surface area contributed by atoms with Gasteiger partial charge in [-0.25, -0.2) is 0 Å². The molecule has 1 aromatic rings. The van der Waals surface area contributed by atoms with Gasteiger partial charge in [-0.05, 0) is 37.1 Å². The standard InChI is InChI=1S/C13H17FN2O2S/c1-19-11-4-3-10(7-11)15-8-9-2-5-13(16(17)18)12(14)6-9/h2,5-6,10-11,15H,3-4,7-8H2,1H3. The summed E-state index contributed by atoms with van der Waals surface area (Å²) in [7, 11) is 0. The van der Waals surface area contributed by atoms with Crippen molar-refractivity contribution in [3.05, 3.63) is 39.7 Å². The second-order valence-electron chi connectivity index (χ2n) is 4.79. The molecule has 1 N–H and O–H groups in total. The average Bonchev–Trinajstić information content (AvgIpc) is 2.84. The highest BCUT2D eigenvalue weighted by molar-refractivity contribution is 7.99. The summed E-state index contributed by atoms with van der Waals surface area (Å²) in [5.74, 6) is -0.766. The van der Waals surface area contributed by atoms with Gasteiger partial charge in [0.2, 0.25) is 5.82 Å². The fraction of sp³-hybridized carbons (Fsp3) is 0.538. The van der Waals surface area contributed by atoms with E-state index in [-0.39, 0.29) is 0 Å². The van der Waals surface area contributed by atoms with Crippen LogP contribution in [-0.4, -0.2) is 22.5 Å². The molecule has 2 atom stereocenters. The molecular weight excluding hydrogens is 267 g/mol. The van der Waals surface area contributed by atoms with Crippen LogP contribution in [0.15, 0.2) is 18.2 Å². The third kappa shape index (κ3) is 3.67. The van der Waals surface area contributed by atoms with E-state index >= 15 is 0 Å². The molecule has 0 aromatic heterocycles. The fourth-order valence-electron chi connectivity index (χ4n) is 2.41. The van der Waals surface area contributed by atoms with E-state index in [1.165, 1.54) is 18.6 Å². The van der Waals surface area contributed by atoms with Crippen LogP contribution in [0.3, 0.4) is 0 Å². The van der Waals surface area contributed by atoms with E-state index in [1.807, 2.05) is 11.8 Å². The largest absolute Gasteiger partial charge is 0.310 e. The summed E-state index contributed by atoms with van der Waals surface area (Å²) in [6.45, 7) is 0.556. The first-order valence-corrected chi connectivity index (χ1v) is 7.58. The van der Waals surface area contributed by atoms with E-state index in [9.17, 15) is 14.5 Å². The molecule has 0 aliphatic heterocycles. The van der Waals surface area contributed by atoms with Crippen molar-refractivity contribution < 1.29 is 9.31 Å². The molecule has 0 amide bonds. The Balaban J connectivity index is 1.90. The number of hydrogen-bond donors (Lipinski definition) is 1. The molecule has 0 bridgehead atoms. The molecule has 2 rings (SSSR count). The van der Waals surface area contributed by atoms with E-state index in [4.69, 9.17) is 0 Å². The number of nitrogens with zero attached hydrogens (tertiary/aromatic N) is 1. The maximum Gasteiger partial charge on any atom is 0.304 e. The first kappa shape index (κ1) is 14.3. The Morgan fingerprint density at radius 3 is 2.89 bits per heavy atom. The fourth-order valence-corrected chi connectivity index (χ4v) is 3.21. The number of benzene rings is 1. The molecule has 1 saturated carbocycles. The summed E-state index contributed by atoms with van der Waals surface area (Å²) in [5, 5.41) is 14.6. The van der Waals surface area contributed by atoms with Gasteiger partial charge in [-0.15, -0.1) is 0 Å². The van der Waals surface area contributed by atoms with Gasteiger partial charge >= 0.3 is 5.69 Å². The number of nitrogens with one attached hydrogen (secondary N) is 1. The van der Waals surface area contributed by atoms with Crippen LogP contribution in [0.2, 0.25) is 0 Å². The first-order chi connectivity index (χ1) is 9.10. The SMILES string of the molecule is CSC1CCC(NCc2ccc([N+](=O)[O-])c(F)c2)C1. The topological polar surface area (TPSA) is 55.2 Å². The zero-order valence-corrected chi connectivity index (χ0v) is 11.6. The Labute approximate surface area is 115 Å². The van der Waals surface area contributed by atoms with Crippen LogP contribution in [0.4, 0.5) is 10.1 Å². The minimum atomic E-state index is -0.766. The molecule has 19 heavy (non-hydrogen) atoms. The predicted molar refractivity (Wildman–Crippen MR) is 74.8 cm³/mol. The van der Waals surface area contributed by atoms with Crippen LogP contribution < -0.4 is 5.32 Å². The zero-order chi connectivity index (χ0) is 13.8. The second kappa shape index (κ2) is 6.34. The molecule has 104 valence electrons. The zero-order valence-electron chi connectivity index (χ0n) is 10.8. The van der Waals surface area contributed by atoms with Crippen molar-refractivity contribution in [1.29, 1.82) is 0 Å². The van der Waals surface area contributed by atoms with Gasteiger partial charge in [0.15, 0.2) is 0 Å². The van der Waals surface area contributed by atoms with Crippen molar-refractivity contribution in [1.82, 2.24) is 5.32 Å². The summed E-state index contributed by atoms with van der Waals surface area (Å²) < 4.78 is 13.4. The van der Waals surface area contributed by atoms with E-state index in [0.29, 0.717) is 17.8 Å². The second-order valence-corrected chi connectivity index (χ2v) is 5.93. The number of halogens is 1. The molecule has 1 aliphatic rings. The maximum atomic E-state index is 13.4. The summed E-state index contributed by atoms with van der Waals surface area (Å²) in [5.41, 5.74) is 0.280. The molecule has 0 saturated heterocycles. The van der Waals surface area contributed by atoms with Crippen LogP contribution >= 0.6 is 11.8 Å². The highest BCUT2D eigenvalue weighted by atomic mass is 32.2. The Morgan fingerprint density at radius 2 is 2.32 bits per heavy atom. The van der Waals surface area contributed by atoms with Gasteiger partial charge in [0.05, 0.1) is 4.92 Å². The van der Waals surface area contributed by atoms with Gasteiger partial charge in [0, 0.05) is 23.9 Å². The molecule has 4 nitrogen and oxygen atoms in total. The first-order valence-electron chi connectivity index (χ1n) is 6.29. The van der Waals surface area contributed by atoms with Crippen LogP contribution in [-0.2, 0) is 6.54 Å². The molecule has 1 aromatic carbocycles. The summed E-state index contributed by atoms with van der Waals surface area (Å²) in [6, 6.07) is 4.54. The van der Waals surface area contributed by atoms with Crippen molar-refractivity contribution in [2.45, 2.75) is 37.1 Å². The van der Waals surface area contributed by atoms with E-state index < -0.39 is 16.4 Å². The smallest absolute Gasteiger partial charge is 0.304 e. The highest BCUT2D eigenvalue weighted by Crippen LogP contribution is 2.28. The predicted octanol–water partition coefficient (Wildman–Crippen LogP) is 3.11. The lowest BCUT2D eigenvalue weighted by Crippen LogP contribution is -2.26. The molecule has 2 unspecified atom stereocenters. The Hall–Kier alpha value is -1.14. The van der Waals surface area contributed by atoms with Crippen molar-refractivity contribution in [2.75, 3.05) is 6.26 Å². The Morgan fingerprint density at radius 1 is 1.53 bits per heavy atom. The minimum Gasteiger partial charge on any atom is -0.310 e. The van der Waals surface area contributed by atoms with Crippen molar-refractivity contribution in [3.8, 4) is 0 Å². The number of thioether (sulfide) groups is 1. The van der Waals surface area contributed by atoms with Crippen LogP contribution in [0.1, 0.15) is 24.8 Å². The molecule has 0 spiro atoms. The van der Waals surface area contributed by atoms with Gasteiger partial charge in [-0.1, -0.05) is 6.07 Å². The summed E-state index contributed by atoms with van der Waals surface area (Å²) in [6.07, 6.45) is 5.61. The molecule has 0 radical (unpaired) electrons. The van der Waals surface area contributed by atoms with Gasteiger partial charge in [0.1, 0.15) is 0 Å². The van der Waals surface area contributed by atoms with E-state index in [1.54, 1.807) is 6.07 Å². The van der Waals surface area contributed by atoms with Gasteiger partial charge in [-0.2, -0.15) is 16.2 Å². The number of rotatable bonds is 5. The average molecular weight is 284 g/mol. The summed E-state index contributed by atoms with van der Waals surface area (Å²) >= 11 is 1.89. The quantitative estimate of drug-likeness (QED) is 0.667. The highest BCUT2D eigenvalue weighted by Gasteiger charge is 2.23. The van der Waals surface area contributed by atoms with Crippen LogP contribution in [0, 0.1) is 15.9 Å². The summed E-state index contributed by atoms with van der Waals surface area (Å²) in [4.78, 5) is 9.82. The number of nitro benzene ring substituents is 1. The monoisotopic (exact) mass is 284 g/mol. The van der Waals surface area contributed by atoms with E-state index in [0.717, 1.165) is 18.4 Å². The van der Waals surface area contributed by atoms with Crippen LogP contribution in [0.5, 0.6) is 0 Å². The van der Waals surface area contributed by atoms with Crippen molar-refractivity contribution >= 4 is 17.4 Å². The Kier molecular flexibility index (Phi) is 4.76. The van der Waals surface area contributed by atoms with Gasteiger partial charge in [-0.3, -0.25) is 10.1 Å². The molecule has 6 heteroatoms. The van der Waals surface area contributed by atoms with Gasteiger partial charge in [0.25, 0.3) is 0 Å². The van der Waals surface area contributed by atoms with Crippen LogP contribution in [0.25, 0.3) is 0 Å². The third-order valence-corrected chi connectivity index (χ3v) is 4.62. The molecule has 1 aliphatic carbocycles. The normalized spacial score (nSPS) is 22.6. The van der Waals surface area contributed by atoms with E-state index in [2.05, 4.69) is 11.6 Å². The van der Waals surface area contributed by atoms with Gasteiger partial charge < -0.3 is 5.32 Å². The lowest BCUT2D eigenvalue weighted by Gasteiger charge is -2.12. The lowest BCUT2D eigenvalue weighted by atomic mass is 10.1. The van der Waals surface area contributed by atoms with Crippen molar-refractivity contribution in [2.24, 2.45) is 0 Å². The third-order valence-electron chi connectivity index (χ3n) is 3.52. The number of nitro groups is 1. The molecule has 1 fully saturated rings. The maximum absolute atomic E-state index is 13.4.